The largest absolute Gasteiger partial charge is 0.370 e. The maximum absolute atomic E-state index is 12.0. The van der Waals surface area contributed by atoms with Crippen molar-refractivity contribution >= 4 is 21.6 Å². The Kier molecular flexibility index (Phi) is 5.94. The Hall–Kier alpha value is -1.63. The predicted molar refractivity (Wildman–Crippen MR) is 79.7 cm³/mol. The van der Waals surface area contributed by atoms with Crippen LogP contribution in [0.4, 0.5) is 5.82 Å². The van der Waals surface area contributed by atoms with Crippen molar-refractivity contribution in [2.45, 2.75) is 26.3 Å². The average molecular weight is 299 g/mol. The van der Waals surface area contributed by atoms with Gasteiger partial charge in [-0.1, -0.05) is 13.0 Å². The van der Waals surface area contributed by atoms with Crippen LogP contribution in [0.3, 0.4) is 0 Å². The lowest BCUT2D eigenvalue weighted by Gasteiger charge is -2.13. The molecule has 0 aliphatic heterocycles. The number of carbonyl (C=O) groups excluding carboxylic acids is 1. The molecule has 6 nitrogen and oxygen atoms in total. The summed E-state index contributed by atoms with van der Waals surface area (Å²) >= 11 is 0. The Morgan fingerprint density at radius 3 is 2.70 bits per heavy atom. The summed E-state index contributed by atoms with van der Waals surface area (Å²) in [7, 11) is -3.12. The van der Waals surface area contributed by atoms with Gasteiger partial charge in [0, 0.05) is 18.8 Å². The highest BCUT2D eigenvalue weighted by Gasteiger charge is 2.15. The number of carbonyl (C=O) groups is 1. The van der Waals surface area contributed by atoms with Gasteiger partial charge in [-0.25, -0.2) is 13.4 Å². The molecule has 112 valence electrons. The zero-order valence-corrected chi connectivity index (χ0v) is 12.8. The highest BCUT2D eigenvalue weighted by atomic mass is 32.2. The minimum absolute atomic E-state index is 0.0908. The molecule has 2 N–H and O–H groups in total. The minimum Gasteiger partial charge on any atom is -0.370 e. The molecule has 0 fully saturated rings. The summed E-state index contributed by atoms with van der Waals surface area (Å²) in [5, 5.41) is 5.72. The summed E-state index contributed by atoms with van der Waals surface area (Å²) in [5.74, 6) is 0.170. The third-order valence-corrected chi connectivity index (χ3v) is 3.57. The van der Waals surface area contributed by atoms with Gasteiger partial charge in [0.05, 0.1) is 5.75 Å². The molecule has 0 radical (unpaired) electrons. The van der Waals surface area contributed by atoms with Gasteiger partial charge in [0.25, 0.3) is 5.91 Å². The standard InChI is InChI=1S/C13H21N3O3S/c1-4-8-14-12-7-5-6-11(16-12)13(17)15-10(2)9-20(3,18)19/h5-7,10H,4,8-9H2,1-3H3,(H,14,16)(H,15,17). The summed E-state index contributed by atoms with van der Waals surface area (Å²) in [6, 6.07) is 4.67. The number of rotatable bonds is 7. The smallest absolute Gasteiger partial charge is 0.270 e. The lowest BCUT2D eigenvalue weighted by molar-refractivity contribution is 0.0939. The topological polar surface area (TPSA) is 88.2 Å². The normalized spacial score (nSPS) is 12.8. The number of nitrogens with zero attached hydrogens (tertiary/aromatic N) is 1. The van der Waals surface area contributed by atoms with Gasteiger partial charge in [0.1, 0.15) is 21.3 Å². The summed E-state index contributed by atoms with van der Waals surface area (Å²) < 4.78 is 22.3. The fourth-order valence-corrected chi connectivity index (χ4v) is 2.70. The van der Waals surface area contributed by atoms with E-state index in [9.17, 15) is 13.2 Å². The maximum atomic E-state index is 12.0. The first-order valence-corrected chi connectivity index (χ1v) is 8.57. The molecule has 1 amide bonds. The number of hydrogen-bond donors (Lipinski definition) is 2. The zero-order chi connectivity index (χ0) is 15.2. The van der Waals surface area contributed by atoms with Crippen LogP contribution in [0.2, 0.25) is 0 Å². The lowest BCUT2D eigenvalue weighted by atomic mass is 10.3. The number of nitrogens with one attached hydrogen (secondary N) is 2. The van der Waals surface area contributed by atoms with Crippen molar-refractivity contribution in [1.29, 1.82) is 0 Å². The van der Waals surface area contributed by atoms with Crippen molar-refractivity contribution in [2.75, 3.05) is 23.9 Å². The Bertz CT molecular complexity index is 558. The van der Waals surface area contributed by atoms with Crippen molar-refractivity contribution in [3.8, 4) is 0 Å². The molecule has 0 saturated carbocycles. The van der Waals surface area contributed by atoms with Crippen LogP contribution in [0.5, 0.6) is 0 Å². The van der Waals surface area contributed by atoms with Crippen LogP contribution in [-0.4, -0.2) is 43.9 Å². The summed E-state index contributed by atoms with van der Waals surface area (Å²) in [5.41, 5.74) is 0.270. The van der Waals surface area contributed by atoms with E-state index in [0.717, 1.165) is 19.2 Å². The van der Waals surface area contributed by atoms with Gasteiger partial charge >= 0.3 is 0 Å². The van der Waals surface area contributed by atoms with Crippen LogP contribution in [-0.2, 0) is 9.84 Å². The second-order valence-corrected chi connectivity index (χ2v) is 6.99. The molecule has 1 rings (SSSR count). The van der Waals surface area contributed by atoms with E-state index in [-0.39, 0.29) is 17.4 Å². The molecule has 1 aromatic rings. The number of aromatic nitrogens is 1. The van der Waals surface area contributed by atoms with E-state index in [4.69, 9.17) is 0 Å². The van der Waals surface area contributed by atoms with Crippen molar-refractivity contribution in [3.63, 3.8) is 0 Å². The quantitative estimate of drug-likeness (QED) is 0.786. The van der Waals surface area contributed by atoms with Crippen molar-refractivity contribution in [1.82, 2.24) is 10.3 Å². The summed E-state index contributed by atoms with van der Waals surface area (Å²) in [6.07, 6.45) is 2.10. The first-order chi connectivity index (χ1) is 9.31. The van der Waals surface area contributed by atoms with Crippen LogP contribution >= 0.6 is 0 Å². The van der Waals surface area contributed by atoms with Gasteiger partial charge in [0.2, 0.25) is 0 Å². The number of hydrogen-bond acceptors (Lipinski definition) is 5. The van der Waals surface area contributed by atoms with Crippen LogP contribution in [0.25, 0.3) is 0 Å². The zero-order valence-electron chi connectivity index (χ0n) is 12.0. The van der Waals surface area contributed by atoms with Crippen molar-refractivity contribution < 1.29 is 13.2 Å². The third-order valence-electron chi connectivity index (χ3n) is 2.47. The summed E-state index contributed by atoms with van der Waals surface area (Å²) in [4.78, 5) is 16.2. The molecule has 7 heteroatoms. The molecular weight excluding hydrogens is 278 g/mol. The first-order valence-electron chi connectivity index (χ1n) is 6.51. The highest BCUT2D eigenvalue weighted by molar-refractivity contribution is 7.90. The van der Waals surface area contributed by atoms with Gasteiger partial charge in [-0.2, -0.15) is 0 Å². The van der Waals surface area contributed by atoms with E-state index in [1.165, 1.54) is 0 Å². The van der Waals surface area contributed by atoms with Crippen LogP contribution in [0.1, 0.15) is 30.8 Å². The van der Waals surface area contributed by atoms with Crippen molar-refractivity contribution in [3.05, 3.63) is 23.9 Å². The van der Waals surface area contributed by atoms with Gasteiger partial charge in [-0.3, -0.25) is 4.79 Å². The molecule has 20 heavy (non-hydrogen) atoms. The van der Waals surface area contributed by atoms with Gasteiger partial charge in [0.15, 0.2) is 0 Å². The molecule has 0 spiro atoms. The molecule has 0 aliphatic carbocycles. The molecule has 1 atom stereocenters. The van der Waals surface area contributed by atoms with Crippen LogP contribution in [0.15, 0.2) is 18.2 Å². The minimum atomic E-state index is -3.12. The van der Waals surface area contributed by atoms with E-state index in [1.54, 1.807) is 25.1 Å². The molecule has 0 bridgehead atoms. The molecule has 0 aliphatic rings. The molecule has 1 unspecified atom stereocenters. The Labute approximate surface area is 119 Å². The van der Waals surface area contributed by atoms with Crippen molar-refractivity contribution in [2.24, 2.45) is 0 Å². The number of pyridine rings is 1. The van der Waals surface area contributed by atoms with Crippen LogP contribution in [0, 0.1) is 0 Å². The average Bonchev–Trinajstić information content (AvgIpc) is 2.34. The monoisotopic (exact) mass is 299 g/mol. The van der Waals surface area contributed by atoms with E-state index in [2.05, 4.69) is 15.6 Å². The fraction of sp³-hybridized carbons (Fsp3) is 0.538. The van der Waals surface area contributed by atoms with Gasteiger partial charge in [-0.05, 0) is 25.5 Å². The maximum Gasteiger partial charge on any atom is 0.270 e. The lowest BCUT2D eigenvalue weighted by Crippen LogP contribution is -2.37. The molecule has 1 aromatic heterocycles. The SMILES string of the molecule is CCCNc1cccc(C(=O)NC(C)CS(C)(=O)=O)n1. The predicted octanol–water partition coefficient (Wildman–Crippen LogP) is 1.07. The van der Waals surface area contributed by atoms with Gasteiger partial charge in [-0.15, -0.1) is 0 Å². The summed E-state index contributed by atoms with van der Waals surface area (Å²) in [6.45, 7) is 4.47. The molecule has 0 aromatic carbocycles. The number of anilines is 1. The first kappa shape index (κ1) is 16.4. The molecular formula is C13H21N3O3S. The fourth-order valence-electron chi connectivity index (χ4n) is 1.71. The van der Waals surface area contributed by atoms with E-state index < -0.39 is 15.9 Å². The second kappa shape index (κ2) is 7.23. The Morgan fingerprint density at radius 2 is 2.10 bits per heavy atom. The Balaban J connectivity index is 2.67. The number of sulfone groups is 1. The molecule has 0 saturated heterocycles. The highest BCUT2D eigenvalue weighted by Crippen LogP contribution is 2.05. The second-order valence-electron chi connectivity index (χ2n) is 4.80. The van der Waals surface area contributed by atoms with E-state index in [1.807, 2.05) is 6.92 Å². The van der Waals surface area contributed by atoms with Gasteiger partial charge < -0.3 is 10.6 Å². The van der Waals surface area contributed by atoms with E-state index in [0.29, 0.717) is 5.82 Å². The Morgan fingerprint density at radius 1 is 1.40 bits per heavy atom. The van der Waals surface area contributed by atoms with E-state index >= 15 is 0 Å². The number of amides is 1. The third kappa shape index (κ3) is 6.01. The van der Waals surface area contributed by atoms with Crippen LogP contribution < -0.4 is 10.6 Å². The molecule has 1 heterocycles.